The summed E-state index contributed by atoms with van der Waals surface area (Å²) in [6.07, 6.45) is 6.57. The van der Waals surface area contributed by atoms with Crippen LogP contribution in [0.15, 0.2) is 63.6 Å². The number of hydrogen-bond acceptors (Lipinski definition) is 6. The van der Waals surface area contributed by atoms with Crippen LogP contribution in [0.5, 0.6) is 0 Å². The zero-order valence-corrected chi connectivity index (χ0v) is 20.1. The summed E-state index contributed by atoms with van der Waals surface area (Å²) in [6.45, 7) is 2.23. The molecule has 1 N–H and O–H groups in total. The van der Waals surface area contributed by atoms with Crippen molar-refractivity contribution in [3.8, 4) is 0 Å². The zero-order chi connectivity index (χ0) is 22.8. The van der Waals surface area contributed by atoms with Gasteiger partial charge in [0.2, 0.25) is 0 Å². The second-order valence-corrected chi connectivity index (χ2v) is 9.69. The van der Waals surface area contributed by atoms with Crippen molar-refractivity contribution in [2.24, 2.45) is 5.92 Å². The number of nitrogens with zero attached hydrogens (tertiary/aromatic N) is 1. The fourth-order valence-electron chi connectivity index (χ4n) is 4.12. The van der Waals surface area contributed by atoms with Gasteiger partial charge in [0.05, 0.1) is 5.57 Å². The molecule has 1 atom stereocenters. The Bertz CT molecular complexity index is 1080. The van der Waals surface area contributed by atoms with E-state index in [0.29, 0.717) is 24.3 Å². The molecule has 0 amide bonds. The van der Waals surface area contributed by atoms with Crippen LogP contribution in [0.2, 0.25) is 0 Å². The smallest absolute Gasteiger partial charge is 0.329 e. The van der Waals surface area contributed by atoms with Gasteiger partial charge in [-0.3, -0.25) is 9.59 Å². The number of hydrogen-bond donors (Lipinski definition) is 1. The molecule has 0 radical (unpaired) electrons. The zero-order valence-electron chi connectivity index (χ0n) is 18.5. The lowest BCUT2D eigenvalue weighted by Gasteiger charge is -2.19. The lowest BCUT2D eigenvalue weighted by molar-refractivity contribution is -0.161. The third-order valence-electron chi connectivity index (χ3n) is 5.92. The molecule has 2 aliphatic rings. The first kappa shape index (κ1) is 23.0. The Labute approximate surface area is 197 Å². The number of ketones is 1. The van der Waals surface area contributed by atoms with Gasteiger partial charge in [-0.25, -0.2) is 0 Å². The lowest BCUT2D eigenvalue weighted by Crippen LogP contribution is -2.39. The average Bonchev–Trinajstić information content (AvgIpc) is 3.58. The fourth-order valence-corrected chi connectivity index (χ4v) is 5.28. The minimum atomic E-state index is -1.07. The van der Waals surface area contributed by atoms with Gasteiger partial charge in [0.25, 0.3) is 0 Å². The quantitative estimate of drug-likeness (QED) is 0.395. The van der Waals surface area contributed by atoms with Crippen LogP contribution in [0.3, 0.4) is 0 Å². The van der Waals surface area contributed by atoms with E-state index in [-0.39, 0.29) is 17.3 Å². The van der Waals surface area contributed by atoms with Crippen LogP contribution >= 0.6 is 23.5 Å². The number of hydroxylamine groups is 2. The summed E-state index contributed by atoms with van der Waals surface area (Å²) in [5, 5.41) is 11.3. The van der Waals surface area contributed by atoms with Crippen LogP contribution in [0.25, 0.3) is 0 Å². The van der Waals surface area contributed by atoms with E-state index in [4.69, 9.17) is 4.84 Å². The van der Waals surface area contributed by atoms with Crippen molar-refractivity contribution in [1.29, 1.82) is 0 Å². The summed E-state index contributed by atoms with van der Waals surface area (Å²) in [7, 11) is 0. The Kier molecular flexibility index (Phi) is 6.98. The van der Waals surface area contributed by atoms with Crippen LogP contribution in [0.4, 0.5) is 0 Å². The molecule has 0 bridgehead atoms. The molecule has 1 fully saturated rings. The Morgan fingerprint density at radius 2 is 1.84 bits per heavy atom. The largest absolute Gasteiger partial charge is 0.480 e. The molecule has 1 saturated carbocycles. The van der Waals surface area contributed by atoms with E-state index in [9.17, 15) is 14.7 Å². The maximum Gasteiger partial charge on any atom is 0.329 e. The predicted octanol–water partition coefficient (Wildman–Crippen LogP) is 5.29. The van der Waals surface area contributed by atoms with Gasteiger partial charge in [-0.05, 0) is 62.0 Å². The van der Waals surface area contributed by atoms with E-state index in [1.807, 2.05) is 25.1 Å². The topological polar surface area (TPSA) is 66.8 Å². The number of carboxylic acids is 1. The van der Waals surface area contributed by atoms with Crippen molar-refractivity contribution in [2.45, 2.75) is 42.0 Å². The third kappa shape index (κ3) is 4.47. The second-order valence-electron chi connectivity index (χ2n) is 7.96. The highest BCUT2D eigenvalue weighted by Crippen LogP contribution is 2.44. The average molecular weight is 470 g/mol. The number of carbonyl (C=O) groups excluding carboxylic acids is 1. The molecular weight excluding hydrogens is 442 g/mol. The first-order valence-corrected chi connectivity index (χ1v) is 13.2. The summed E-state index contributed by atoms with van der Waals surface area (Å²) >= 11 is 3.40. The number of Topliss-reactive ketones (excluding diaryl/α,β-unsaturated/α-hetero) is 1. The molecule has 2 aromatic carbocycles. The summed E-state index contributed by atoms with van der Waals surface area (Å²) in [4.78, 5) is 34.2. The normalized spacial score (nSPS) is 18.7. The number of likely N-dealkylation sites (N-methyl/N-ethyl adjacent to an activating group) is 1. The van der Waals surface area contributed by atoms with Crippen LogP contribution < -0.4 is 0 Å². The maximum atomic E-state index is 13.8. The van der Waals surface area contributed by atoms with Crippen molar-refractivity contribution in [3.63, 3.8) is 0 Å². The van der Waals surface area contributed by atoms with Gasteiger partial charge in [0.15, 0.2) is 11.8 Å². The van der Waals surface area contributed by atoms with E-state index in [0.717, 1.165) is 24.0 Å². The summed E-state index contributed by atoms with van der Waals surface area (Å²) < 4.78 is 0. The highest BCUT2D eigenvalue weighted by molar-refractivity contribution is 7.99. The Hall–Kier alpha value is -2.22. The number of carboxylic acid groups (broad SMARTS) is 1. The molecule has 1 heterocycles. The number of carbonyl (C=O) groups is 2. The predicted molar refractivity (Wildman–Crippen MR) is 128 cm³/mol. The van der Waals surface area contributed by atoms with Gasteiger partial charge >= 0.3 is 5.97 Å². The molecule has 1 unspecified atom stereocenters. The number of benzene rings is 2. The molecule has 0 aromatic heterocycles. The van der Waals surface area contributed by atoms with E-state index in [1.54, 1.807) is 29.6 Å². The minimum Gasteiger partial charge on any atom is -0.480 e. The number of allylic oxidation sites excluding steroid dienone is 1. The Balaban J connectivity index is 1.73. The van der Waals surface area contributed by atoms with Crippen LogP contribution in [-0.2, 0) is 16.1 Å². The van der Waals surface area contributed by atoms with Crippen molar-refractivity contribution in [1.82, 2.24) is 5.06 Å². The molecule has 4 rings (SSSR count). The van der Waals surface area contributed by atoms with Crippen LogP contribution in [0, 0.1) is 5.92 Å². The van der Waals surface area contributed by atoms with Gasteiger partial charge in [0.1, 0.15) is 5.76 Å². The highest BCUT2D eigenvalue weighted by Gasteiger charge is 2.47. The molecule has 2 aromatic rings. The number of aliphatic carboxylic acids is 1. The van der Waals surface area contributed by atoms with Crippen molar-refractivity contribution in [2.75, 3.05) is 19.1 Å². The molecule has 1 aliphatic carbocycles. The van der Waals surface area contributed by atoms with Gasteiger partial charge in [-0.15, -0.1) is 28.6 Å². The number of rotatable bonds is 9. The first-order valence-electron chi connectivity index (χ1n) is 10.7. The third-order valence-corrected chi connectivity index (χ3v) is 7.46. The SMILES string of the molecule is CCN1OC(C2CC2)=C(C(=O)c2ccccc2Cc2ccc(SC)cc2SC)C1C(=O)O. The van der Waals surface area contributed by atoms with Gasteiger partial charge in [-0.1, -0.05) is 30.3 Å². The molecular formula is C25H27NO4S2. The second kappa shape index (κ2) is 9.73. The van der Waals surface area contributed by atoms with Crippen molar-refractivity contribution < 1.29 is 19.5 Å². The molecule has 1 aliphatic heterocycles. The summed E-state index contributed by atoms with van der Waals surface area (Å²) in [5.41, 5.74) is 2.89. The summed E-state index contributed by atoms with van der Waals surface area (Å²) in [6, 6.07) is 12.8. The van der Waals surface area contributed by atoms with E-state index >= 15 is 0 Å². The van der Waals surface area contributed by atoms with Gasteiger partial charge in [0, 0.05) is 27.8 Å². The van der Waals surface area contributed by atoms with E-state index in [1.165, 1.54) is 14.9 Å². The van der Waals surface area contributed by atoms with Crippen LogP contribution in [0.1, 0.15) is 41.3 Å². The Morgan fingerprint density at radius 3 is 2.47 bits per heavy atom. The standard InChI is InChI=1S/C25H27NO4S2/c1-4-26-22(25(28)29)21(24(30-26)15-9-10-15)23(27)19-8-6-5-7-16(19)13-17-11-12-18(31-2)14-20(17)32-3/h5-8,11-12,14-15,22H,4,9-10,13H2,1-3H3,(H,28,29). The Morgan fingerprint density at radius 1 is 1.09 bits per heavy atom. The first-order chi connectivity index (χ1) is 15.5. The van der Waals surface area contributed by atoms with Gasteiger partial charge < -0.3 is 9.94 Å². The molecule has 0 saturated heterocycles. The molecule has 7 heteroatoms. The minimum absolute atomic E-state index is 0.140. The number of thioether (sulfide) groups is 2. The summed E-state index contributed by atoms with van der Waals surface area (Å²) in [5.74, 6) is -0.604. The van der Waals surface area contributed by atoms with Crippen molar-refractivity contribution in [3.05, 3.63) is 70.5 Å². The fraction of sp³-hybridized carbons (Fsp3) is 0.360. The lowest BCUT2D eigenvalue weighted by atomic mass is 9.90. The van der Waals surface area contributed by atoms with Crippen LogP contribution in [-0.4, -0.2) is 47.0 Å². The highest BCUT2D eigenvalue weighted by atomic mass is 32.2. The maximum absolute atomic E-state index is 13.8. The van der Waals surface area contributed by atoms with E-state index < -0.39 is 12.0 Å². The molecule has 0 spiro atoms. The van der Waals surface area contributed by atoms with Crippen molar-refractivity contribution >= 4 is 35.3 Å². The van der Waals surface area contributed by atoms with Gasteiger partial charge in [-0.2, -0.15) is 0 Å². The molecule has 5 nitrogen and oxygen atoms in total. The monoisotopic (exact) mass is 469 g/mol. The molecule has 168 valence electrons. The molecule has 32 heavy (non-hydrogen) atoms. The van der Waals surface area contributed by atoms with E-state index in [2.05, 4.69) is 30.7 Å².